The monoisotopic (exact) mass is 844 g/mol. The predicted molar refractivity (Wildman–Crippen MR) is 271 cm³/mol. The van der Waals surface area contributed by atoms with Gasteiger partial charge in [-0.1, -0.05) is 183 Å². The number of thioether (sulfide) groups is 1. The minimum Gasteiger partial charge on any atom is -0.355 e. The maximum Gasteiger partial charge on any atom is 0.0739 e. The fourth-order valence-electron chi connectivity index (χ4n) is 11.9. The maximum absolute atomic E-state index is 4.94. The van der Waals surface area contributed by atoms with Crippen molar-refractivity contribution in [3.05, 3.63) is 254 Å². The summed E-state index contributed by atoms with van der Waals surface area (Å²) in [6, 6.07) is 50.0. The summed E-state index contributed by atoms with van der Waals surface area (Å²) in [5, 5.41) is 3.90. The number of para-hydroxylation sites is 2. The van der Waals surface area contributed by atoms with Crippen molar-refractivity contribution in [3.63, 3.8) is 0 Å². The maximum atomic E-state index is 4.94. The quantitative estimate of drug-likeness (QED) is 0.180. The second-order valence-electron chi connectivity index (χ2n) is 18.7. The van der Waals surface area contributed by atoms with E-state index in [0.29, 0.717) is 0 Å². The van der Waals surface area contributed by atoms with Crippen molar-refractivity contribution in [2.45, 2.75) is 75.0 Å². The molecule has 0 radical (unpaired) electrons. The summed E-state index contributed by atoms with van der Waals surface area (Å²) >= 11 is 1.83. The van der Waals surface area contributed by atoms with Crippen LogP contribution in [0.1, 0.15) is 89.6 Å². The molecule has 2 nitrogen and oxygen atoms in total. The molecule has 6 aliphatic rings. The molecule has 312 valence electrons. The summed E-state index contributed by atoms with van der Waals surface area (Å²) in [4.78, 5) is 4.93. The highest BCUT2D eigenvalue weighted by atomic mass is 32.2. The van der Waals surface area contributed by atoms with E-state index in [1.165, 1.54) is 100 Å². The van der Waals surface area contributed by atoms with Crippen molar-refractivity contribution in [3.8, 4) is 0 Å². The molecule has 4 aliphatic carbocycles. The minimum atomic E-state index is -0.485. The Kier molecular flexibility index (Phi) is 9.18. The molecule has 1 unspecified atom stereocenters. The van der Waals surface area contributed by atoms with Gasteiger partial charge in [0.05, 0.1) is 22.5 Å². The van der Waals surface area contributed by atoms with Crippen LogP contribution in [0, 0.1) is 6.92 Å². The van der Waals surface area contributed by atoms with E-state index in [0.717, 1.165) is 49.1 Å². The topological polar surface area (TPSA) is 15.3 Å². The molecule has 3 heteroatoms. The molecule has 64 heavy (non-hydrogen) atoms. The highest BCUT2D eigenvalue weighted by molar-refractivity contribution is 8.03. The van der Waals surface area contributed by atoms with Gasteiger partial charge in [0.2, 0.25) is 0 Å². The van der Waals surface area contributed by atoms with Crippen molar-refractivity contribution in [2.75, 3.05) is 10.2 Å². The van der Waals surface area contributed by atoms with Gasteiger partial charge >= 0.3 is 0 Å². The lowest BCUT2D eigenvalue weighted by Crippen LogP contribution is -2.40. The Bertz CT molecular complexity index is 3150. The van der Waals surface area contributed by atoms with Gasteiger partial charge in [0, 0.05) is 32.2 Å². The van der Waals surface area contributed by atoms with Crippen LogP contribution in [-0.4, -0.2) is 0 Å². The standard InChI is InChI=1S/C61H52N2S/c1-39-30-33-45(34-31-39)62-53-37-36-51-57(47-24-13-14-25-49(47)60(51,3)4)48(53)35-32-42-38-41-18-11-12-23-46(41)56(42)58-40(2)64-55-29-17-27-52-59(55)63(58)54-28-16-15-26-50(54)61(52,43-19-7-5-8-20-43)44-21-9-6-10-22-44/h5,7-9,11-13,15-24,26-34,36-37,62H,2,6,10,14,25,35,38H2,1,3-4H3/b42-32-,58-56?. The predicted octanol–water partition coefficient (Wildman–Crippen LogP) is 16.0. The van der Waals surface area contributed by atoms with Gasteiger partial charge < -0.3 is 10.2 Å². The summed E-state index contributed by atoms with van der Waals surface area (Å²) < 4.78 is 0. The first-order valence-corrected chi connectivity index (χ1v) is 23.9. The zero-order valence-corrected chi connectivity index (χ0v) is 37.8. The van der Waals surface area contributed by atoms with Gasteiger partial charge in [-0.15, -0.1) is 0 Å². The number of rotatable bonds is 6. The summed E-state index contributed by atoms with van der Waals surface area (Å²) in [6.07, 6.45) is 20.6. The Hall–Kier alpha value is -6.55. The van der Waals surface area contributed by atoms with Crippen LogP contribution in [0.15, 0.2) is 209 Å². The van der Waals surface area contributed by atoms with Crippen LogP contribution >= 0.6 is 11.8 Å². The minimum absolute atomic E-state index is 0.0152. The molecule has 0 amide bonds. The van der Waals surface area contributed by atoms with Gasteiger partial charge in [-0.2, -0.15) is 0 Å². The Morgan fingerprint density at radius 2 is 1.53 bits per heavy atom. The summed E-state index contributed by atoms with van der Waals surface area (Å²) in [5.41, 5.74) is 24.5. The van der Waals surface area contributed by atoms with Crippen LogP contribution in [0.25, 0.3) is 11.1 Å². The third-order valence-electron chi connectivity index (χ3n) is 14.8. The van der Waals surface area contributed by atoms with Crippen LogP contribution in [0.5, 0.6) is 0 Å². The first-order chi connectivity index (χ1) is 31.3. The molecule has 0 spiro atoms. The number of anilines is 4. The Balaban J connectivity index is 1.08. The van der Waals surface area contributed by atoms with E-state index in [9.17, 15) is 0 Å². The first-order valence-electron chi connectivity index (χ1n) is 23.1. The van der Waals surface area contributed by atoms with Crippen LogP contribution in [0.3, 0.4) is 0 Å². The molecule has 0 saturated carbocycles. The van der Waals surface area contributed by atoms with Crippen LogP contribution in [0.2, 0.25) is 0 Å². The highest BCUT2D eigenvalue weighted by Gasteiger charge is 2.50. The number of allylic oxidation sites excluding steroid dienone is 11. The average molecular weight is 845 g/mol. The smallest absolute Gasteiger partial charge is 0.0739 e. The molecule has 0 fully saturated rings. The van der Waals surface area contributed by atoms with Crippen molar-refractivity contribution >= 4 is 45.7 Å². The largest absolute Gasteiger partial charge is 0.355 e. The fraction of sp³-hybridized carbons (Fsp3) is 0.180. The normalized spacial score (nSPS) is 21.6. The number of hydrogen-bond donors (Lipinski definition) is 1. The van der Waals surface area contributed by atoms with E-state index in [4.69, 9.17) is 6.58 Å². The van der Waals surface area contributed by atoms with Crippen LogP contribution in [-0.2, 0) is 23.7 Å². The molecule has 12 rings (SSSR count). The summed E-state index contributed by atoms with van der Waals surface area (Å²) in [7, 11) is 0. The highest BCUT2D eigenvalue weighted by Crippen LogP contribution is 2.64. The number of aryl methyl sites for hydroxylation is 1. The number of hydrogen-bond acceptors (Lipinski definition) is 3. The first kappa shape index (κ1) is 39.1. The molecule has 6 aromatic rings. The zero-order chi connectivity index (χ0) is 43.2. The second kappa shape index (κ2) is 15.0. The molecule has 0 aromatic heterocycles. The van der Waals surface area contributed by atoms with E-state index in [1.54, 1.807) is 5.57 Å². The number of nitrogens with one attached hydrogen (secondary N) is 1. The molecule has 2 heterocycles. The van der Waals surface area contributed by atoms with Gasteiger partial charge in [-0.25, -0.2) is 0 Å². The second-order valence-corrected chi connectivity index (χ2v) is 19.9. The summed E-state index contributed by atoms with van der Waals surface area (Å²) in [5.74, 6) is 0. The SMILES string of the molecule is C=C1Sc2cccc3c2N(C1=C1/C(=C\Cc2c(Nc4ccc(C)cc4)ccc4c2C2=C(CCC=C2)C4(C)C)Cc2ccccc21)c1ccccc1C3(C1=CCCC=C1)c1ccccc1. The van der Waals surface area contributed by atoms with E-state index in [1.807, 2.05) is 11.8 Å². The molecule has 1 atom stereocenters. The Morgan fingerprint density at radius 3 is 2.38 bits per heavy atom. The molecular formula is C61H52N2S. The lowest BCUT2D eigenvalue weighted by molar-refractivity contribution is 0.607. The molecular weight excluding hydrogens is 793 g/mol. The fourth-order valence-corrected chi connectivity index (χ4v) is 12.9. The van der Waals surface area contributed by atoms with Gasteiger partial charge in [0.1, 0.15) is 0 Å². The Labute approximate surface area is 382 Å². The van der Waals surface area contributed by atoms with Crippen molar-refractivity contribution in [2.24, 2.45) is 0 Å². The van der Waals surface area contributed by atoms with E-state index >= 15 is 0 Å². The third kappa shape index (κ3) is 5.79. The van der Waals surface area contributed by atoms with Crippen molar-refractivity contribution < 1.29 is 0 Å². The van der Waals surface area contributed by atoms with Gasteiger partial charge in [-0.3, -0.25) is 0 Å². The van der Waals surface area contributed by atoms with Crippen molar-refractivity contribution in [1.29, 1.82) is 0 Å². The van der Waals surface area contributed by atoms with Crippen LogP contribution in [0.4, 0.5) is 22.7 Å². The van der Waals surface area contributed by atoms with Gasteiger partial charge in [-0.05, 0) is 137 Å². The third-order valence-corrected chi connectivity index (χ3v) is 15.8. The van der Waals surface area contributed by atoms with E-state index < -0.39 is 5.41 Å². The zero-order valence-electron chi connectivity index (χ0n) is 37.0. The lowest BCUT2D eigenvalue weighted by Gasteiger charge is -2.50. The lowest BCUT2D eigenvalue weighted by atomic mass is 9.61. The van der Waals surface area contributed by atoms with Crippen molar-refractivity contribution in [1.82, 2.24) is 0 Å². The molecule has 0 saturated heterocycles. The number of fused-ring (bicyclic) bond motifs is 5. The molecule has 2 aliphatic heterocycles. The average Bonchev–Trinajstić information content (AvgIpc) is 3.81. The number of nitrogens with zero attached hydrogens (tertiary/aromatic N) is 1. The van der Waals surface area contributed by atoms with Gasteiger partial charge in [0.25, 0.3) is 0 Å². The van der Waals surface area contributed by atoms with E-state index in [2.05, 4.69) is 201 Å². The molecule has 1 N–H and O–H groups in total. The molecule has 0 bridgehead atoms. The van der Waals surface area contributed by atoms with Gasteiger partial charge in [0.15, 0.2) is 0 Å². The van der Waals surface area contributed by atoms with Crippen LogP contribution < -0.4 is 10.2 Å². The summed E-state index contributed by atoms with van der Waals surface area (Å²) in [6.45, 7) is 12.0. The van der Waals surface area contributed by atoms with E-state index in [-0.39, 0.29) is 5.41 Å². The number of benzene rings is 6. The Morgan fingerprint density at radius 1 is 0.750 bits per heavy atom. The molecule has 6 aromatic carbocycles.